The van der Waals surface area contributed by atoms with Crippen molar-refractivity contribution in [2.75, 3.05) is 0 Å². The van der Waals surface area contributed by atoms with Crippen LogP contribution in [-0.4, -0.2) is 21.1 Å². The largest absolute Gasteiger partial charge is 0.452 e. The second kappa shape index (κ2) is 7.32. The van der Waals surface area contributed by atoms with E-state index in [0.717, 1.165) is 17.2 Å². The number of hydrogen-bond acceptors (Lipinski definition) is 7. The van der Waals surface area contributed by atoms with Gasteiger partial charge in [0, 0.05) is 16.7 Å². The number of aromatic nitrogens is 2. The molecule has 0 aliphatic rings. The van der Waals surface area contributed by atoms with E-state index >= 15 is 0 Å². The predicted molar refractivity (Wildman–Crippen MR) is 91.7 cm³/mol. The lowest BCUT2D eigenvalue weighted by molar-refractivity contribution is -0.385. The van der Waals surface area contributed by atoms with E-state index in [0.29, 0.717) is 0 Å². The van der Waals surface area contributed by atoms with E-state index in [-0.39, 0.29) is 29.0 Å². The van der Waals surface area contributed by atoms with E-state index in [1.165, 1.54) is 12.1 Å². The number of esters is 1. The molecule has 0 radical (unpaired) electrons. The maximum Gasteiger partial charge on any atom is 0.345 e. The number of carbonyl (C=O) groups excluding carboxylic acids is 1. The van der Waals surface area contributed by atoms with Gasteiger partial charge >= 0.3 is 5.97 Å². The molecule has 0 aliphatic carbocycles. The Hall–Kier alpha value is -3.26. The normalized spacial score (nSPS) is 10.5. The van der Waals surface area contributed by atoms with Crippen molar-refractivity contribution < 1.29 is 18.9 Å². The lowest BCUT2D eigenvalue weighted by Gasteiger charge is -2.03. The second-order valence-corrected chi connectivity index (χ2v) is 5.80. The van der Waals surface area contributed by atoms with Crippen molar-refractivity contribution in [1.82, 2.24) is 10.2 Å². The molecular weight excluding hydrogens is 362 g/mol. The number of hydrogen-bond donors (Lipinski definition) is 0. The Morgan fingerprint density at radius 1 is 1.27 bits per heavy atom. The van der Waals surface area contributed by atoms with Gasteiger partial charge in [-0.15, -0.1) is 10.2 Å². The first kappa shape index (κ1) is 17.6. The molecule has 0 spiro atoms. The number of rotatable bonds is 5. The average Bonchev–Trinajstić information content (AvgIpc) is 3.08. The molecule has 26 heavy (non-hydrogen) atoms. The van der Waals surface area contributed by atoms with Gasteiger partial charge in [0.1, 0.15) is 5.56 Å². The molecule has 1 heterocycles. The number of halogens is 1. The minimum absolute atomic E-state index is 0.0754. The van der Waals surface area contributed by atoms with E-state index in [9.17, 15) is 14.9 Å². The molecule has 3 rings (SSSR count). The Morgan fingerprint density at radius 3 is 2.81 bits per heavy atom. The minimum atomic E-state index is -0.885. The van der Waals surface area contributed by atoms with Crippen molar-refractivity contribution >= 4 is 23.3 Å². The number of carbonyl (C=O) groups is 1. The zero-order valence-electron chi connectivity index (χ0n) is 13.5. The van der Waals surface area contributed by atoms with Crippen LogP contribution in [0.3, 0.4) is 0 Å². The van der Waals surface area contributed by atoms with Crippen LogP contribution >= 0.6 is 11.6 Å². The first-order chi connectivity index (χ1) is 12.4. The summed E-state index contributed by atoms with van der Waals surface area (Å²) in [6.45, 7) is 1.62. The molecule has 0 aliphatic heterocycles. The van der Waals surface area contributed by atoms with Gasteiger partial charge in [-0.25, -0.2) is 4.79 Å². The Labute approximate surface area is 152 Å². The topological polar surface area (TPSA) is 108 Å². The van der Waals surface area contributed by atoms with Crippen molar-refractivity contribution in [3.8, 4) is 11.5 Å². The number of benzene rings is 2. The highest BCUT2D eigenvalue weighted by Crippen LogP contribution is 2.24. The lowest BCUT2D eigenvalue weighted by Crippen LogP contribution is -2.08. The molecule has 0 unspecified atom stereocenters. The number of ether oxygens (including phenoxy) is 1. The highest BCUT2D eigenvalue weighted by atomic mass is 35.5. The molecule has 0 fully saturated rings. The van der Waals surface area contributed by atoms with Gasteiger partial charge in [0.2, 0.25) is 5.89 Å². The third kappa shape index (κ3) is 3.86. The van der Waals surface area contributed by atoms with Gasteiger partial charge in [0.25, 0.3) is 11.6 Å². The summed E-state index contributed by atoms with van der Waals surface area (Å²) in [5, 5.41) is 18.9. The van der Waals surface area contributed by atoms with Gasteiger partial charge in [-0.1, -0.05) is 29.3 Å². The van der Waals surface area contributed by atoms with Crippen molar-refractivity contribution in [3.63, 3.8) is 0 Å². The highest BCUT2D eigenvalue weighted by Gasteiger charge is 2.22. The van der Waals surface area contributed by atoms with Gasteiger partial charge < -0.3 is 9.15 Å². The van der Waals surface area contributed by atoms with E-state index in [2.05, 4.69) is 10.2 Å². The Morgan fingerprint density at radius 2 is 2.08 bits per heavy atom. The summed E-state index contributed by atoms with van der Waals surface area (Å²) in [4.78, 5) is 22.5. The molecule has 9 heteroatoms. The summed E-state index contributed by atoms with van der Waals surface area (Å²) in [6, 6.07) is 11.2. The van der Waals surface area contributed by atoms with Crippen LogP contribution in [-0.2, 0) is 11.3 Å². The molecule has 0 saturated carbocycles. The van der Waals surface area contributed by atoms with Crippen LogP contribution in [0.25, 0.3) is 11.5 Å². The molecule has 0 N–H and O–H groups in total. The summed E-state index contributed by atoms with van der Waals surface area (Å²) in [7, 11) is 0. The monoisotopic (exact) mass is 373 g/mol. The summed E-state index contributed by atoms with van der Waals surface area (Å²) >= 11 is 5.72. The van der Waals surface area contributed by atoms with Gasteiger partial charge in [-0.05, 0) is 31.2 Å². The Kier molecular flexibility index (Phi) is 4.94. The third-order valence-electron chi connectivity index (χ3n) is 3.43. The summed E-state index contributed by atoms with van der Waals surface area (Å²) in [5.74, 6) is -0.521. The third-order valence-corrected chi connectivity index (χ3v) is 3.67. The Balaban J connectivity index is 1.72. The molecule has 3 aromatic rings. The molecule has 2 aromatic carbocycles. The lowest BCUT2D eigenvalue weighted by atomic mass is 10.1. The van der Waals surface area contributed by atoms with Crippen LogP contribution in [0.5, 0.6) is 0 Å². The highest BCUT2D eigenvalue weighted by molar-refractivity contribution is 6.31. The van der Waals surface area contributed by atoms with Crippen molar-refractivity contribution in [2.24, 2.45) is 0 Å². The molecule has 132 valence electrons. The van der Waals surface area contributed by atoms with Crippen LogP contribution in [0.15, 0.2) is 46.9 Å². The van der Waals surface area contributed by atoms with Crippen molar-refractivity contribution in [2.45, 2.75) is 13.5 Å². The quantitative estimate of drug-likeness (QED) is 0.378. The van der Waals surface area contributed by atoms with Gasteiger partial charge in [0.05, 0.1) is 4.92 Å². The molecular formula is C17H12ClN3O5. The predicted octanol–water partition coefficient (Wildman–Crippen LogP) is 3.96. The zero-order valence-corrected chi connectivity index (χ0v) is 14.3. The average molecular weight is 374 g/mol. The Bertz CT molecular complexity index is 986. The number of nitro groups is 1. The summed E-state index contributed by atoms with van der Waals surface area (Å²) in [6.07, 6.45) is 0. The van der Waals surface area contributed by atoms with Crippen molar-refractivity contribution in [3.05, 3.63) is 74.6 Å². The van der Waals surface area contributed by atoms with Crippen molar-refractivity contribution in [1.29, 1.82) is 0 Å². The summed E-state index contributed by atoms with van der Waals surface area (Å²) < 4.78 is 10.5. The van der Waals surface area contributed by atoms with Crippen LogP contribution in [0.1, 0.15) is 21.8 Å². The second-order valence-electron chi connectivity index (χ2n) is 5.37. The maximum atomic E-state index is 12.1. The van der Waals surface area contributed by atoms with Crippen LogP contribution in [0, 0.1) is 17.0 Å². The molecule has 0 atom stereocenters. The molecule has 1 aromatic heterocycles. The smallest absolute Gasteiger partial charge is 0.345 e. The van der Waals surface area contributed by atoms with E-state index in [1.54, 1.807) is 0 Å². The van der Waals surface area contributed by atoms with Crippen LogP contribution in [0.2, 0.25) is 5.02 Å². The molecule has 8 nitrogen and oxygen atoms in total. The van der Waals surface area contributed by atoms with E-state index < -0.39 is 16.6 Å². The van der Waals surface area contributed by atoms with E-state index in [1.807, 2.05) is 31.2 Å². The number of nitrogens with zero attached hydrogens (tertiary/aromatic N) is 3. The maximum absolute atomic E-state index is 12.1. The minimum Gasteiger partial charge on any atom is -0.452 e. The summed E-state index contributed by atoms with van der Waals surface area (Å²) in [5.41, 5.74) is 1.12. The first-order valence-corrected chi connectivity index (χ1v) is 7.82. The molecule has 0 bridgehead atoms. The SMILES string of the molecule is Cc1cccc(-c2nnc(COC(=O)c3ccc(Cl)cc3[N+](=O)[O-])o2)c1. The zero-order chi connectivity index (χ0) is 18.7. The molecule has 0 amide bonds. The van der Waals surface area contributed by atoms with Crippen LogP contribution < -0.4 is 0 Å². The number of nitro benzene ring substituents is 1. The fraction of sp³-hybridized carbons (Fsp3) is 0.118. The fourth-order valence-corrected chi connectivity index (χ4v) is 2.41. The van der Waals surface area contributed by atoms with Gasteiger partial charge in [0.15, 0.2) is 6.61 Å². The van der Waals surface area contributed by atoms with Gasteiger partial charge in [-0.3, -0.25) is 10.1 Å². The van der Waals surface area contributed by atoms with Crippen LogP contribution in [0.4, 0.5) is 5.69 Å². The first-order valence-electron chi connectivity index (χ1n) is 7.44. The molecule has 0 saturated heterocycles. The fourth-order valence-electron chi connectivity index (χ4n) is 2.24. The van der Waals surface area contributed by atoms with Gasteiger partial charge in [-0.2, -0.15) is 0 Å². The van der Waals surface area contributed by atoms with E-state index in [4.69, 9.17) is 20.8 Å². The number of aryl methyl sites for hydroxylation is 1. The standard InChI is InChI=1S/C17H12ClN3O5/c1-10-3-2-4-11(7-10)16-20-19-15(26-16)9-25-17(22)13-6-5-12(18)8-14(13)21(23)24/h2-8H,9H2,1H3.